The van der Waals surface area contributed by atoms with Gasteiger partial charge in [-0.2, -0.15) is 0 Å². The summed E-state index contributed by atoms with van der Waals surface area (Å²) in [4.78, 5) is 2.23. The van der Waals surface area contributed by atoms with Crippen molar-refractivity contribution >= 4 is 0 Å². The van der Waals surface area contributed by atoms with Crippen molar-refractivity contribution in [1.82, 2.24) is 19.9 Å². The molecule has 1 unspecified atom stereocenters. The molecule has 1 aromatic heterocycles. The van der Waals surface area contributed by atoms with Crippen LogP contribution in [0.3, 0.4) is 0 Å². The summed E-state index contributed by atoms with van der Waals surface area (Å²) >= 11 is 0. The number of piperidine rings is 1. The van der Waals surface area contributed by atoms with Crippen LogP contribution in [0.15, 0.2) is 12.4 Å². The zero-order valence-corrected chi connectivity index (χ0v) is 13.5. The quantitative estimate of drug-likeness (QED) is 0.869. The van der Waals surface area contributed by atoms with Gasteiger partial charge in [-0.15, -0.1) is 5.10 Å². The van der Waals surface area contributed by atoms with Crippen LogP contribution < -0.4 is 0 Å². The Kier molecular flexibility index (Phi) is 4.52. The lowest BCUT2D eigenvalue weighted by Crippen LogP contribution is -2.55. The molecule has 1 saturated carbocycles. The van der Waals surface area contributed by atoms with E-state index in [1.165, 1.54) is 0 Å². The lowest BCUT2D eigenvalue weighted by Gasteiger charge is -2.44. The van der Waals surface area contributed by atoms with E-state index >= 15 is 0 Å². The fourth-order valence-electron chi connectivity index (χ4n) is 3.96. The van der Waals surface area contributed by atoms with Gasteiger partial charge in [0.1, 0.15) is 0 Å². The van der Waals surface area contributed by atoms with Gasteiger partial charge < -0.3 is 10.2 Å². The Hall–Kier alpha value is -0.980. The van der Waals surface area contributed by atoms with Crippen molar-refractivity contribution in [2.24, 2.45) is 5.92 Å². The Morgan fingerprint density at radius 1 is 1.14 bits per heavy atom. The third-order valence-corrected chi connectivity index (χ3v) is 5.29. The summed E-state index contributed by atoms with van der Waals surface area (Å²) in [5, 5.41) is 29.4. The first-order valence-electron chi connectivity index (χ1n) is 8.48. The summed E-state index contributed by atoms with van der Waals surface area (Å²) in [6, 6.07) is 0. The molecule has 1 aliphatic carbocycles. The van der Waals surface area contributed by atoms with Gasteiger partial charge in [0.2, 0.25) is 0 Å². The van der Waals surface area contributed by atoms with Gasteiger partial charge in [-0.1, -0.05) is 12.1 Å². The molecule has 6 nitrogen and oxygen atoms in total. The second-order valence-electron chi connectivity index (χ2n) is 7.55. The fraction of sp³-hybridized carbons (Fsp3) is 0.875. The smallest absolute Gasteiger partial charge is 0.0969 e. The third kappa shape index (κ3) is 3.86. The molecule has 2 aliphatic rings. The van der Waals surface area contributed by atoms with Crippen molar-refractivity contribution in [1.29, 1.82) is 0 Å². The second kappa shape index (κ2) is 6.26. The van der Waals surface area contributed by atoms with Crippen LogP contribution >= 0.6 is 0 Å². The molecule has 6 heteroatoms. The molecule has 1 atom stereocenters. The Balaban J connectivity index is 1.58. The van der Waals surface area contributed by atoms with Crippen LogP contribution in [0.1, 0.15) is 45.4 Å². The highest BCUT2D eigenvalue weighted by Gasteiger charge is 2.39. The molecule has 1 aliphatic heterocycles. The van der Waals surface area contributed by atoms with E-state index in [-0.39, 0.29) is 0 Å². The highest BCUT2D eigenvalue weighted by molar-refractivity contribution is 4.93. The molecule has 0 bridgehead atoms. The molecule has 3 rings (SSSR count). The van der Waals surface area contributed by atoms with Crippen LogP contribution in [0.5, 0.6) is 0 Å². The summed E-state index contributed by atoms with van der Waals surface area (Å²) in [5.41, 5.74) is -1.34. The van der Waals surface area contributed by atoms with E-state index in [2.05, 4.69) is 22.1 Å². The monoisotopic (exact) mass is 308 g/mol. The first-order chi connectivity index (χ1) is 10.5. The number of hydrogen-bond acceptors (Lipinski definition) is 5. The number of likely N-dealkylation sites (tertiary alicyclic amines) is 1. The van der Waals surface area contributed by atoms with E-state index < -0.39 is 11.2 Å². The Morgan fingerprint density at radius 2 is 1.91 bits per heavy atom. The van der Waals surface area contributed by atoms with Gasteiger partial charge in [0.05, 0.1) is 23.9 Å². The van der Waals surface area contributed by atoms with Crippen molar-refractivity contribution in [2.45, 2.75) is 63.2 Å². The summed E-state index contributed by atoms with van der Waals surface area (Å²) < 4.78 is 1.69. The lowest BCUT2D eigenvalue weighted by molar-refractivity contribution is -0.0842. The van der Waals surface area contributed by atoms with Crippen LogP contribution in [-0.4, -0.2) is 60.9 Å². The Bertz CT molecular complexity index is 471. The first-order valence-corrected chi connectivity index (χ1v) is 8.48. The Morgan fingerprint density at radius 3 is 2.59 bits per heavy atom. The highest BCUT2D eigenvalue weighted by Crippen LogP contribution is 2.34. The largest absolute Gasteiger partial charge is 0.389 e. The maximum absolute atomic E-state index is 10.9. The van der Waals surface area contributed by atoms with E-state index in [4.69, 9.17) is 0 Å². The second-order valence-corrected chi connectivity index (χ2v) is 7.55. The van der Waals surface area contributed by atoms with Crippen LogP contribution in [0.25, 0.3) is 0 Å². The van der Waals surface area contributed by atoms with Crippen molar-refractivity contribution in [3.05, 3.63) is 12.4 Å². The zero-order valence-electron chi connectivity index (χ0n) is 13.5. The van der Waals surface area contributed by atoms with Gasteiger partial charge >= 0.3 is 0 Å². The molecular weight excluding hydrogens is 280 g/mol. The van der Waals surface area contributed by atoms with E-state index in [0.29, 0.717) is 19.6 Å². The molecule has 1 aromatic rings. The standard InChI is InChI=1S/C16H28N4O2/c1-14-3-6-15(21,7-4-14)11-19-9-2-5-16(22,12-19)13-20-10-8-17-18-20/h8,10,14,21-22H,2-7,9,11-13H2,1H3. The molecular formula is C16H28N4O2. The Labute approximate surface area is 132 Å². The number of nitrogens with zero attached hydrogens (tertiary/aromatic N) is 4. The summed E-state index contributed by atoms with van der Waals surface area (Å²) in [7, 11) is 0. The predicted molar refractivity (Wildman–Crippen MR) is 83.2 cm³/mol. The minimum atomic E-state index is -0.774. The number of rotatable bonds is 4. The summed E-state index contributed by atoms with van der Waals surface area (Å²) in [6.45, 7) is 4.97. The van der Waals surface area contributed by atoms with E-state index in [0.717, 1.165) is 51.0 Å². The van der Waals surface area contributed by atoms with Gasteiger partial charge in [-0.05, 0) is 51.0 Å². The molecule has 0 amide bonds. The van der Waals surface area contributed by atoms with Crippen molar-refractivity contribution < 1.29 is 10.2 Å². The molecule has 0 aromatic carbocycles. The summed E-state index contributed by atoms with van der Waals surface area (Å²) in [6.07, 6.45) is 9.12. The van der Waals surface area contributed by atoms with Crippen molar-refractivity contribution in [2.75, 3.05) is 19.6 Å². The average Bonchev–Trinajstić information content (AvgIpc) is 2.94. The van der Waals surface area contributed by atoms with Gasteiger partial charge in [-0.3, -0.25) is 4.90 Å². The summed E-state index contributed by atoms with van der Waals surface area (Å²) in [5.74, 6) is 0.728. The third-order valence-electron chi connectivity index (χ3n) is 5.29. The minimum Gasteiger partial charge on any atom is -0.389 e. The van der Waals surface area contributed by atoms with E-state index in [1.807, 2.05) is 0 Å². The van der Waals surface area contributed by atoms with Crippen LogP contribution in [0.2, 0.25) is 0 Å². The van der Waals surface area contributed by atoms with Crippen LogP contribution in [0, 0.1) is 5.92 Å². The predicted octanol–water partition coefficient (Wildman–Crippen LogP) is 1.05. The highest BCUT2D eigenvalue weighted by atomic mass is 16.3. The van der Waals surface area contributed by atoms with Gasteiger partial charge in [0, 0.05) is 19.3 Å². The van der Waals surface area contributed by atoms with E-state index in [9.17, 15) is 10.2 Å². The van der Waals surface area contributed by atoms with Gasteiger partial charge in [0.15, 0.2) is 0 Å². The van der Waals surface area contributed by atoms with Crippen LogP contribution in [0.4, 0.5) is 0 Å². The molecule has 1 saturated heterocycles. The first kappa shape index (κ1) is 15.9. The van der Waals surface area contributed by atoms with Crippen LogP contribution in [-0.2, 0) is 6.54 Å². The molecule has 2 fully saturated rings. The molecule has 0 radical (unpaired) electrons. The molecule has 22 heavy (non-hydrogen) atoms. The molecule has 124 valence electrons. The van der Waals surface area contributed by atoms with E-state index in [1.54, 1.807) is 17.1 Å². The maximum atomic E-state index is 10.9. The SMILES string of the molecule is CC1CCC(O)(CN2CCCC(O)(Cn3ccnn3)C2)CC1. The van der Waals surface area contributed by atoms with Gasteiger partial charge in [-0.25, -0.2) is 4.68 Å². The van der Waals surface area contributed by atoms with Crippen molar-refractivity contribution in [3.63, 3.8) is 0 Å². The topological polar surface area (TPSA) is 74.4 Å². The average molecular weight is 308 g/mol. The maximum Gasteiger partial charge on any atom is 0.0969 e. The fourth-order valence-corrected chi connectivity index (χ4v) is 3.96. The van der Waals surface area contributed by atoms with Gasteiger partial charge in [0.25, 0.3) is 0 Å². The molecule has 0 spiro atoms. The normalized spacial score (nSPS) is 37.3. The minimum absolute atomic E-state index is 0.471. The molecule has 2 N–H and O–H groups in total. The zero-order chi connectivity index (χ0) is 15.6. The number of aromatic nitrogens is 3. The molecule has 2 heterocycles. The van der Waals surface area contributed by atoms with Crippen molar-refractivity contribution in [3.8, 4) is 0 Å². The number of aliphatic hydroxyl groups is 2. The lowest BCUT2D eigenvalue weighted by atomic mass is 9.79. The number of hydrogen-bond donors (Lipinski definition) is 2. The number of β-amino-alcohol motifs (C(OH)–C–C–N with tert-alkyl or cyclic N) is 2.